The normalized spacial score (nSPS) is 12.2. The van der Waals surface area contributed by atoms with Crippen molar-refractivity contribution < 1.29 is 19.3 Å². The first-order chi connectivity index (χ1) is 10.2. The second kappa shape index (κ2) is 10.5. The van der Waals surface area contributed by atoms with Gasteiger partial charge in [0, 0.05) is 18.2 Å². The van der Waals surface area contributed by atoms with Crippen LogP contribution in [0.1, 0.15) is 50.7 Å². The van der Waals surface area contributed by atoms with Gasteiger partial charge in [-0.3, -0.25) is 0 Å². The summed E-state index contributed by atoms with van der Waals surface area (Å²) < 4.78 is 16.0. The summed E-state index contributed by atoms with van der Waals surface area (Å²) in [5, 5.41) is 10.2. The van der Waals surface area contributed by atoms with E-state index in [9.17, 15) is 5.11 Å². The van der Waals surface area contributed by atoms with Crippen molar-refractivity contribution in [2.75, 3.05) is 27.4 Å². The largest absolute Gasteiger partial charge is 0.497 e. The summed E-state index contributed by atoms with van der Waals surface area (Å²) in [6.07, 6.45) is 5.35. The Balaban J connectivity index is 2.36. The van der Waals surface area contributed by atoms with Crippen molar-refractivity contribution in [1.29, 1.82) is 0 Å². The Morgan fingerprint density at radius 3 is 2.48 bits per heavy atom. The van der Waals surface area contributed by atoms with Gasteiger partial charge in [-0.15, -0.1) is 0 Å². The van der Waals surface area contributed by atoms with Crippen LogP contribution in [0.25, 0.3) is 0 Å². The maximum Gasteiger partial charge on any atom is 0.128 e. The van der Waals surface area contributed by atoms with E-state index in [1.54, 1.807) is 20.3 Å². The number of hydrogen-bond donors (Lipinski definition) is 1. The third-order valence-electron chi connectivity index (χ3n) is 3.47. The summed E-state index contributed by atoms with van der Waals surface area (Å²) in [4.78, 5) is 0. The van der Waals surface area contributed by atoms with Crippen molar-refractivity contribution in [2.24, 2.45) is 0 Å². The third-order valence-corrected chi connectivity index (χ3v) is 3.47. The topological polar surface area (TPSA) is 47.9 Å². The minimum Gasteiger partial charge on any atom is -0.497 e. The lowest BCUT2D eigenvalue weighted by atomic mass is 10.1. The van der Waals surface area contributed by atoms with Crippen LogP contribution in [0, 0.1) is 0 Å². The predicted molar refractivity (Wildman–Crippen MR) is 84.1 cm³/mol. The van der Waals surface area contributed by atoms with Crippen LogP contribution < -0.4 is 9.47 Å². The van der Waals surface area contributed by atoms with Crippen molar-refractivity contribution in [3.8, 4) is 11.5 Å². The maximum atomic E-state index is 10.2. The molecule has 120 valence electrons. The van der Waals surface area contributed by atoms with E-state index in [4.69, 9.17) is 14.2 Å². The second-order valence-corrected chi connectivity index (χ2v) is 5.11. The van der Waals surface area contributed by atoms with Crippen LogP contribution in [0.3, 0.4) is 0 Å². The van der Waals surface area contributed by atoms with Crippen molar-refractivity contribution >= 4 is 0 Å². The molecule has 0 aliphatic rings. The molecule has 1 N–H and O–H groups in total. The molecular formula is C17H28O4. The number of aliphatic hydroxyl groups excluding tert-OH is 1. The molecule has 0 fully saturated rings. The minimum atomic E-state index is -0.679. The van der Waals surface area contributed by atoms with Crippen LogP contribution >= 0.6 is 0 Å². The van der Waals surface area contributed by atoms with Gasteiger partial charge in [-0.1, -0.05) is 32.6 Å². The fourth-order valence-corrected chi connectivity index (χ4v) is 2.19. The van der Waals surface area contributed by atoms with Crippen LogP contribution in [0.15, 0.2) is 18.2 Å². The maximum absolute atomic E-state index is 10.2. The summed E-state index contributed by atoms with van der Waals surface area (Å²) in [6.45, 7) is 3.19. The molecule has 1 rings (SSSR count). The lowest BCUT2D eigenvalue weighted by Gasteiger charge is -2.16. The SMILES string of the molecule is CCCCCCCOCC(O)c1ccc(OC)cc1OC. The highest BCUT2D eigenvalue weighted by Gasteiger charge is 2.14. The van der Waals surface area contributed by atoms with E-state index in [1.807, 2.05) is 12.1 Å². The number of hydrogen-bond acceptors (Lipinski definition) is 4. The Bertz CT molecular complexity index is 392. The van der Waals surface area contributed by atoms with Crippen LogP contribution in [0.5, 0.6) is 11.5 Å². The number of rotatable bonds is 11. The Morgan fingerprint density at radius 1 is 1.05 bits per heavy atom. The third kappa shape index (κ3) is 6.36. The predicted octanol–water partition coefficient (Wildman–Crippen LogP) is 3.72. The number of benzene rings is 1. The molecule has 21 heavy (non-hydrogen) atoms. The lowest BCUT2D eigenvalue weighted by Crippen LogP contribution is -2.09. The summed E-state index contributed by atoms with van der Waals surface area (Å²) in [6, 6.07) is 5.39. The van der Waals surface area contributed by atoms with Gasteiger partial charge in [0.25, 0.3) is 0 Å². The van der Waals surface area contributed by atoms with Crippen molar-refractivity contribution in [2.45, 2.75) is 45.1 Å². The molecular weight excluding hydrogens is 268 g/mol. The monoisotopic (exact) mass is 296 g/mol. The van der Waals surface area contributed by atoms with Crippen LogP contribution in [-0.4, -0.2) is 32.5 Å². The Labute approximate surface area is 128 Å². The Morgan fingerprint density at radius 2 is 1.81 bits per heavy atom. The molecule has 1 aromatic rings. The summed E-state index contributed by atoms with van der Waals surface area (Å²) in [7, 11) is 3.19. The van der Waals surface area contributed by atoms with Gasteiger partial charge >= 0.3 is 0 Å². The smallest absolute Gasteiger partial charge is 0.128 e. The van der Waals surface area contributed by atoms with E-state index >= 15 is 0 Å². The summed E-state index contributed by atoms with van der Waals surface area (Å²) >= 11 is 0. The molecule has 1 aromatic carbocycles. The van der Waals surface area contributed by atoms with E-state index < -0.39 is 6.10 Å². The zero-order valence-corrected chi connectivity index (χ0v) is 13.4. The lowest BCUT2D eigenvalue weighted by molar-refractivity contribution is 0.0332. The van der Waals surface area contributed by atoms with Crippen molar-refractivity contribution in [3.05, 3.63) is 23.8 Å². The molecule has 4 nitrogen and oxygen atoms in total. The van der Waals surface area contributed by atoms with E-state index in [0.717, 1.165) is 12.0 Å². The molecule has 0 radical (unpaired) electrons. The first kappa shape index (κ1) is 17.8. The van der Waals surface area contributed by atoms with Crippen molar-refractivity contribution in [1.82, 2.24) is 0 Å². The number of unbranched alkanes of at least 4 members (excludes halogenated alkanes) is 4. The molecule has 1 atom stereocenters. The Kier molecular flexibility index (Phi) is 8.87. The molecule has 0 aliphatic carbocycles. The van der Waals surface area contributed by atoms with Gasteiger partial charge in [0.1, 0.15) is 17.6 Å². The van der Waals surface area contributed by atoms with Gasteiger partial charge in [-0.05, 0) is 18.6 Å². The van der Waals surface area contributed by atoms with E-state index in [0.29, 0.717) is 18.1 Å². The fraction of sp³-hybridized carbons (Fsp3) is 0.647. The van der Waals surface area contributed by atoms with Gasteiger partial charge in [0.15, 0.2) is 0 Å². The number of methoxy groups -OCH3 is 2. The number of ether oxygens (including phenoxy) is 3. The quantitative estimate of drug-likeness (QED) is 0.632. The molecule has 0 aromatic heterocycles. The van der Waals surface area contributed by atoms with E-state index in [2.05, 4.69) is 6.92 Å². The highest BCUT2D eigenvalue weighted by Crippen LogP contribution is 2.29. The standard InChI is InChI=1S/C17H28O4/c1-4-5-6-7-8-11-21-13-16(18)15-10-9-14(19-2)12-17(15)20-3/h9-10,12,16,18H,4-8,11,13H2,1-3H3. The van der Waals surface area contributed by atoms with Gasteiger partial charge < -0.3 is 19.3 Å². The molecule has 0 spiro atoms. The van der Waals surface area contributed by atoms with Crippen molar-refractivity contribution in [3.63, 3.8) is 0 Å². The average molecular weight is 296 g/mol. The van der Waals surface area contributed by atoms with Crippen LogP contribution in [0.4, 0.5) is 0 Å². The highest BCUT2D eigenvalue weighted by atomic mass is 16.5. The van der Waals surface area contributed by atoms with Gasteiger partial charge in [0.2, 0.25) is 0 Å². The molecule has 0 saturated heterocycles. The van der Waals surface area contributed by atoms with Crippen LogP contribution in [-0.2, 0) is 4.74 Å². The van der Waals surface area contributed by atoms with E-state index in [-0.39, 0.29) is 6.61 Å². The molecule has 0 amide bonds. The Hall–Kier alpha value is -1.26. The molecule has 0 bridgehead atoms. The fourth-order valence-electron chi connectivity index (χ4n) is 2.19. The van der Waals surface area contributed by atoms with E-state index in [1.165, 1.54) is 25.7 Å². The zero-order valence-electron chi connectivity index (χ0n) is 13.4. The summed E-state index contributed by atoms with van der Waals surface area (Å²) in [5.74, 6) is 1.33. The van der Waals surface area contributed by atoms with Gasteiger partial charge in [-0.2, -0.15) is 0 Å². The molecule has 0 aliphatic heterocycles. The van der Waals surface area contributed by atoms with Gasteiger partial charge in [-0.25, -0.2) is 0 Å². The first-order valence-corrected chi connectivity index (χ1v) is 7.70. The summed E-state index contributed by atoms with van der Waals surface area (Å²) in [5.41, 5.74) is 0.726. The average Bonchev–Trinajstić information content (AvgIpc) is 2.53. The molecule has 1 unspecified atom stereocenters. The second-order valence-electron chi connectivity index (χ2n) is 5.11. The number of aliphatic hydroxyl groups is 1. The first-order valence-electron chi connectivity index (χ1n) is 7.70. The zero-order chi connectivity index (χ0) is 15.5. The molecule has 0 saturated carbocycles. The molecule has 4 heteroatoms. The molecule has 0 heterocycles. The van der Waals surface area contributed by atoms with Gasteiger partial charge in [0.05, 0.1) is 20.8 Å². The van der Waals surface area contributed by atoms with Crippen LogP contribution in [0.2, 0.25) is 0 Å². The minimum absolute atomic E-state index is 0.288. The highest BCUT2D eigenvalue weighted by molar-refractivity contribution is 5.41.